The summed E-state index contributed by atoms with van der Waals surface area (Å²) in [6.45, 7) is 4.15. The number of halogens is 1. The van der Waals surface area contributed by atoms with Gasteiger partial charge in [0.25, 0.3) is 0 Å². The van der Waals surface area contributed by atoms with E-state index in [0.29, 0.717) is 5.02 Å². The van der Waals surface area contributed by atoms with Crippen molar-refractivity contribution in [3.8, 4) is 0 Å². The van der Waals surface area contributed by atoms with Gasteiger partial charge in [-0.1, -0.05) is 25.4 Å². The first-order valence-electron chi connectivity index (χ1n) is 5.94. The van der Waals surface area contributed by atoms with Crippen LogP contribution < -0.4 is 5.32 Å². The molecule has 4 nitrogen and oxygen atoms in total. The molecule has 0 aliphatic carbocycles. The molecule has 0 unspecified atom stereocenters. The third kappa shape index (κ3) is 3.81. The summed E-state index contributed by atoms with van der Waals surface area (Å²) in [5, 5.41) is 5.42. The molecule has 2 rings (SSSR count). The smallest absolute Gasteiger partial charge is 0.134 e. The Hall–Kier alpha value is -1.33. The van der Waals surface area contributed by atoms with Crippen LogP contribution in [0.3, 0.4) is 0 Å². The van der Waals surface area contributed by atoms with Gasteiger partial charge in [0.1, 0.15) is 21.7 Å². The number of nitrogens with one attached hydrogen (secondary N) is 1. The molecule has 0 saturated carbocycles. The van der Waals surface area contributed by atoms with Crippen molar-refractivity contribution in [2.45, 2.75) is 29.8 Å². The Kier molecular flexibility index (Phi) is 4.61. The first-order chi connectivity index (χ1) is 9.08. The summed E-state index contributed by atoms with van der Waals surface area (Å²) in [5.74, 6) is 1.92. The van der Waals surface area contributed by atoms with E-state index in [0.717, 1.165) is 21.7 Å². The second-order valence-electron chi connectivity index (χ2n) is 4.27. The molecule has 0 amide bonds. The molecular formula is C13H15ClN4S. The van der Waals surface area contributed by atoms with Gasteiger partial charge >= 0.3 is 0 Å². The van der Waals surface area contributed by atoms with Crippen molar-refractivity contribution < 1.29 is 0 Å². The molecule has 100 valence electrons. The lowest BCUT2D eigenvalue weighted by molar-refractivity contribution is 0.755. The van der Waals surface area contributed by atoms with Gasteiger partial charge in [-0.2, -0.15) is 0 Å². The van der Waals surface area contributed by atoms with E-state index in [2.05, 4.69) is 34.1 Å². The van der Waals surface area contributed by atoms with Gasteiger partial charge in [-0.15, -0.1) is 0 Å². The number of rotatable bonds is 4. The summed E-state index contributed by atoms with van der Waals surface area (Å²) in [6.07, 6.45) is 1.63. The molecule has 0 radical (unpaired) electrons. The van der Waals surface area contributed by atoms with Crippen molar-refractivity contribution >= 4 is 29.2 Å². The highest BCUT2D eigenvalue weighted by atomic mass is 35.5. The third-order valence-corrected chi connectivity index (χ3v) is 3.49. The van der Waals surface area contributed by atoms with Gasteiger partial charge in [-0.05, 0) is 23.9 Å². The average molecular weight is 295 g/mol. The van der Waals surface area contributed by atoms with E-state index in [4.69, 9.17) is 11.6 Å². The fraction of sp³-hybridized carbons (Fsp3) is 0.308. The lowest BCUT2D eigenvalue weighted by atomic mass is 10.2. The molecule has 2 aromatic rings. The van der Waals surface area contributed by atoms with Crippen molar-refractivity contribution in [2.24, 2.45) is 0 Å². The highest BCUT2D eigenvalue weighted by Crippen LogP contribution is 2.27. The summed E-state index contributed by atoms with van der Waals surface area (Å²) < 4.78 is 0. The molecule has 0 fully saturated rings. The number of pyridine rings is 1. The fourth-order valence-corrected chi connectivity index (χ4v) is 2.29. The van der Waals surface area contributed by atoms with E-state index >= 15 is 0 Å². The minimum absolute atomic E-state index is 0.283. The number of aromatic nitrogens is 3. The maximum absolute atomic E-state index is 5.82. The minimum atomic E-state index is 0.283. The lowest BCUT2D eigenvalue weighted by Gasteiger charge is -2.09. The largest absolute Gasteiger partial charge is 0.373 e. The predicted octanol–water partition coefficient (Wildman–Crippen LogP) is 3.84. The van der Waals surface area contributed by atoms with Gasteiger partial charge in [-0.25, -0.2) is 15.0 Å². The molecule has 0 bridgehead atoms. The molecule has 0 atom stereocenters. The van der Waals surface area contributed by atoms with Crippen molar-refractivity contribution in [2.75, 3.05) is 12.4 Å². The van der Waals surface area contributed by atoms with Gasteiger partial charge in [0.05, 0.1) is 5.02 Å². The lowest BCUT2D eigenvalue weighted by Crippen LogP contribution is -2.02. The topological polar surface area (TPSA) is 50.7 Å². The Morgan fingerprint density at radius 3 is 2.58 bits per heavy atom. The second-order valence-corrected chi connectivity index (χ2v) is 5.75. The molecule has 0 spiro atoms. The normalized spacial score (nSPS) is 10.8. The van der Waals surface area contributed by atoms with E-state index in [9.17, 15) is 0 Å². The van der Waals surface area contributed by atoms with Crippen LogP contribution in [0.1, 0.15) is 25.6 Å². The summed E-state index contributed by atoms with van der Waals surface area (Å²) in [6, 6.07) is 5.61. The second kappa shape index (κ2) is 6.21. The van der Waals surface area contributed by atoms with E-state index in [1.807, 2.05) is 25.2 Å². The summed E-state index contributed by atoms with van der Waals surface area (Å²) in [7, 11) is 1.85. The third-order valence-electron chi connectivity index (χ3n) is 2.40. The van der Waals surface area contributed by atoms with Gasteiger partial charge < -0.3 is 5.32 Å². The zero-order valence-electron chi connectivity index (χ0n) is 11.0. The quantitative estimate of drug-likeness (QED) is 0.868. The Morgan fingerprint density at radius 2 is 2.00 bits per heavy atom. The molecule has 0 aromatic carbocycles. The maximum atomic E-state index is 5.82. The average Bonchev–Trinajstić information content (AvgIpc) is 2.41. The molecule has 0 saturated heterocycles. The van der Waals surface area contributed by atoms with Crippen LogP contribution in [0.4, 0.5) is 5.82 Å². The molecule has 2 heterocycles. The van der Waals surface area contributed by atoms with E-state index in [1.54, 1.807) is 6.20 Å². The maximum Gasteiger partial charge on any atom is 0.134 e. The van der Waals surface area contributed by atoms with Crippen LogP contribution >= 0.6 is 23.4 Å². The molecule has 2 aromatic heterocycles. The number of nitrogens with zero attached hydrogens (tertiary/aromatic N) is 3. The Labute approximate surface area is 122 Å². The van der Waals surface area contributed by atoms with Gasteiger partial charge in [-0.3, -0.25) is 0 Å². The number of anilines is 1. The standard InChI is InChI=1S/C13H15ClN4S/c1-8(2)13-17-10(15-3)6-12(18-13)19-11-5-4-9(14)7-16-11/h4-8H,1-3H3,(H,15,17,18). The number of hydrogen-bond acceptors (Lipinski definition) is 5. The van der Waals surface area contributed by atoms with Crippen LogP contribution in [0, 0.1) is 0 Å². The van der Waals surface area contributed by atoms with Crippen molar-refractivity contribution in [1.82, 2.24) is 15.0 Å². The first-order valence-corrected chi connectivity index (χ1v) is 7.14. The van der Waals surface area contributed by atoms with Crippen LogP contribution in [-0.4, -0.2) is 22.0 Å². The predicted molar refractivity (Wildman–Crippen MR) is 79.0 cm³/mol. The van der Waals surface area contributed by atoms with Crippen LogP contribution in [0.25, 0.3) is 0 Å². The molecular weight excluding hydrogens is 280 g/mol. The molecule has 0 aliphatic rings. The monoisotopic (exact) mass is 294 g/mol. The molecule has 0 aliphatic heterocycles. The van der Waals surface area contributed by atoms with E-state index < -0.39 is 0 Å². The Balaban J connectivity index is 2.28. The summed E-state index contributed by atoms with van der Waals surface area (Å²) >= 11 is 7.32. The molecule has 19 heavy (non-hydrogen) atoms. The Bertz CT molecular complexity index is 557. The highest BCUT2D eigenvalue weighted by Gasteiger charge is 2.09. The number of hydrogen-bond donors (Lipinski definition) is 1. The van der Waals surface area contributed by atoms with Gasteiger partial charge in [0.2, 0.25) is 0 Å². The molecule has 1 N–H and O–H groups in total. The van der Waals surface area contributed by atoms with Crippen LogP contribution in [-0.2, 0) is 0 Å². The Morgan fingerprint density at radius 1 is 1.21 bits per heavy atom. The molecule has 6 heteroatoms. The van der Waals surface area contributed by atoms with Gasteiger partial charge in [0, 0.05) is 25.2 Å². The zero-order valence-corrected chi connectivity index (χ0v) is 12.6. The van der Waals surface area contributed by atoms with E-state index in [-0.39, 0.29) is 5.92 Å². The van der Waals surface area contributed by atoms with Crippen LogP contribution in [0.15, 0.2) is 34.4 Å². The summed E-state index contributed by atoms with van der Waals surface area (Å²) in [5.41, 5.74) is 0. The van der Waals surface area contributed by atoms with Gasteiger partial charge in [0.15, 0.2) is 0 Å². The highest BCUT2D eigenvalue weighted by molar-refractivity contribution is 7.99. The van der Waals surface area contributed by atoms with E-state index in [1.165, 1.54) is 11.8 Å². The minimum Gasteiger partial charge on any atom is -0.373 e. The SMILES string of the molecule is CNc1cc(Sc2ccc(Cl)cn2)nc(C(C)C)n1. The van der Waals surface area contributed by atoms with Crippen molar-refractivity contribution in [1.29, 1.82) is 0 Å². The first kappa shape index (κ1) is 14.1. The zero-order chi connectivity index (χ0) is 13.8. The summed E-state index contributed by atoms with van der Waals surface area (Å²) in [4.78, 5) is 13.2. The van der Waals surface area contributed by atoms with Crippen LogP contribution in [0.5, 0.6) is 0 Å². The van der Waals surface area contributed by atoms with Crippen molar-refractivity contribution in [3.63, 3.8) is 0 Å². The van der Waals surface area contributed by atoms with Crippen LogP contribution in [0.2, 0.25) is 5.02 Å². The fourth-order valence-electron chi connectivity index (χ4n) is 1.41. The van der Waals surface area contributed by atoms with Crippen molar-refractivity contribution in [3.05, 3.63) is 35.2 Å².